The van der Waals surface area contributed by atoms with E-state index >= 15 is 0 Å². The first-order chi connectivity index (χ1) is 7.78. The predicted octanol–water partition coefficient (Wildman–Crippen LogP) is 2.30. The average molecular weight is 279 g/mol. The van der Waals surface area contributed by atoms with Gasteiger partial charge in [0.2, 0.25) is 5.78 Å². The van der Waals surface area contributed by atoms with Crippen LogP contribution in [0.15, 0.2) is 28.9 Å². The quantitative estimate of drug-likeness (QED) is 0.756. The largest absolute Gasteiger partial charge is 0.326 e. The number of nitrogens with zero attached hydrogens (tertiary/aromatic N) is 2. The zero-order chi connectivity index (χ0) is 11.1. The number of aromatic nitrogens is 3. The van der Waals surface area contributed by atoms with Crippen LogP contribution < -0.4 is 5.32 Å². The smallest absolute Gasteiger partial charge is 0.212 e. The summed E-state index contributed by atoms with van der Waals surface area (Å²) in [5.41, 5.74) is 3.25. The molecule has 0 radical (unpaired) electrons. The van der Waals surface area contributed by atoms with E-state index in [9.17, 15) is 0 Å². The minimum atomic E-state index is 0.818. The van der Waals surface area contributed by atoms with Crippen LogP contribution in [0.5, 0.6) is 0 Å². The summed E-state index contributed by atoms with van der Waals surface area (Å²) >= 11 is 3.48. The van der Waals surface area contributed by atoms with E-state index in [0.29, 0.717) is 0 Å². The molecule has 0 amide bonds. The van der Waals surface area contributed by atoms with Gasteiger partial charge in [-0.05, 0) is 25.2 Å². The number of halogens is 1. The standard InChI is InChI=1S/C11H11BrN4/c1-13-5-8-6-16-10-4-7(12)2-3-9(10)15-11(16)14-8/h2-4,6,13H,5H2,1H3,(H,14,15). The molecule has 82 valence electrons. The summed E-state index contributed by atoms with van der Waals surface area (Å²) in [5, 5.41) is 3.11. The summed E-state index contributed by atoms with van der Waals surface area (Å²) < 4.78 is 3.14. The van der Waals surface area contributed by atoms with Gasteiger partial charge in [0, 0.05) is 22.9 Å². The maximum absolute atomic E-state index is 4.52. The number of H-pyrrole nitrogens is 1. The molecule has 0 atom stereocenters. The van der Waals surface area contributed by atoms with Gasteiger partial charge in [0.1, 0.15) is 0 Å². The average Bonchev–Trinajstić information content (AvgIpc) is 2.76. The van der Waals surface area contributed by atoms with E-state index in [0.717, 1.165) is 33.5 Å². The minimum Gasteiger partial charge on any atom is -0.326 e. The molecule has 0 spiro atoms. The van der Waals surface area contributed by atoms with Gasteiger partial charge in [-0.3, -0.25) is 4.40 Å². The van der Waals surface area contributed by atoms with E-state index in [1.165, 1.54) is 0 Å². The zero-order valence-electron chi connectivity index (χ0n) is 8.79. The first-order valence-electron chi connectivity index (χ1n) is 5.08. The highest BCUT2D eigenvalue weighted by Crippen LogP contribution is 2.21. The van der Waals surface area contributed by atoms with Gasteiger partial charge >= 0.3 is 0 Å². The van der Waals surface area contributed by atoms with E-state index < -0.39 is 0 Å². The van der Waals surface area contributed by atoms with Gasteiger partial charge in [-0.2, -0.15) is 0 Å². The van der Waals surface area contributed by atoms with Gasteiger partial charge in [-0.15, -0.1) is 0 Å². The maximum atomic E-state index is 4.52. The number of nitrogens with one attached hydrogen (secondary N) is 2. The van der Waals surface area contributed by atoms with Crippen LogP contribution in [0, 0.1) is 0 Å². The normalized spacial score (nSPS) is 11.6. The molecule has 0 aliphatic rings. The lowest BCUT2D eigenvalue weighted by atomic mass is 10.3. The maximum Gasteiger partial charge on any atom is 0.212 e. The van der Waals surface area contributed by atoms with E-state index in [-0.39, 0.29) is 0 Å². The molecular weight excluding hydrogens is 268 g/mol. The van der Waals surface area contributed by atoms with Crippen LogP contribution in [-0.2, 0) is 6.54 Å². The Labute approximate surface area is 101 Å². The van der Waals surface area contributed by atoms with Gasteiger partial charge in [0.15, 0.2) is 0 Å². The third-order valence-corrected chi connectivity index (χ3v) is 3.07. The molecule has 2 N–H and O–H groups in total. The highest BCUT2D eigenvalue weighted by atomic mass is 79.9. The molecule has 5 heteroatoms. The summed E-state index contributed by atoms with van der Waals surface area (Å²) in [6.45, 7) is 0.818. The summed E-state index contributed by atoms with van der Waals surface area (Å²) in [7, 11) is 1.93. The van der Waals surface area contributed by atoms with E-state index in [4.69, 9.17) is 0 Å². The number of imidazole rings is 2. The Morgan fingerprint density at radius 1 is 1.50 bits per heavy atom. The van der Waals surface area contributed by atoms with Gasteiger partial charge in [-0.1, -0.05) is 15.9 Å². The van der Waals surface area contributed by atoms with Crippen LogP contribution in [0.25, 0.3) is 16.8 Å². The minimum absolute atomic E-state index is 0.818. The molecule has 4 nitrogen and oxygen atoms in total. The number of benzene rings is 1. The Bertz CT molecular complexity index is 652. The fraction of sp³-hybridized carbons (Fsp3) is 0.182. The van der Waals surface area contributed by atoms with Crippen molar-refractivity contribution in [2.75, 3.05) is 7.05 Å². The molecule has 1 aromatic carbocycles. The van der Waals surface area contributed by atoms with Crippen LogP contribution in [-0.4, -0.2) is 21.4 Å². The van der Waals surface area contributed by atoms with Crippen molar-refractivity contribution in [1.29, 1.82) is 0 Å². The summed E-state index contributed by atoms with van der Waals surface area (Å²) in [6.07, 6.45) is 2.08. The first kappa shape index (κ1) is 9.86. The molecule has 2 heterocycles. The third-order valence-electron chi connectivity index (χ3n) is 2.58. The molecule has 0 fully saturated rings. The molecule has 3 rings (SSSR count). The highest BCUT2D eigenvalue weighted by molar-refractivity contribution is 9.10. The van der Waals surface area contributed by atoms with Gasteiger partial charge in [0.25, 0.3) is 0 Å². The van der Waals surface area contributed by atoms with Crippen LogP contribution in [0.2, 0.25) is 0 Å². The lowest BCUT2D eigenvalue weighted by Crippen LogP contribution is -2.04. The van der Waals surface area contributed by atoms with Crippen molar-refractivity contribution in [2.24, 2.45) is 0 Å². The molecule has 16 heavy (non-hydrogen) atoms. The lowest BCUT2D eigenvalue weighted by molar-refractivity contribution is 0.797. The van der Waals surface area contributed by atoms with Crippen molar-refractivity contribution in [3.63, 3.8) is 0 Å². The third kappa shape index (κ3) is 1.44. The monoisotopic (exact) mass is 278 g/mol. The molecule has 3 aromatic rings. The van der Waals surface area contributed by atoms with Crippen molar-refractivity contribution in [1.82, 2.24) is 19.7 Å². The highest BCUT2D eigenvalue weighted by Gasteiger charge is 2.07. The van der Waals surface area contributed by atoms with Gasteiger partial charge < -0.3 is 10.3 Å². The first-order valence-corrected chi connectivity index (χ1v) is 5.87. The Kier molecular flexibility index (Phi) is 2.22. The summed E-state index contributed by atoms with van der Waals surface area (Å²) in [5.74, 6) is 0.887. The molecule has 0 bridgehead atoms. The number of hydrogen-bond acceptors (Lipinski definition) is 2. The number of rotatable bonds is 2. The van der Waals surface area contributed by atoms with Crippen molar-refractivity contribution in [3.05, 3.63) is 34.6 Å². The number of fused-ring (bicyclic) bond motifs is 3. The molecule has 2 aromatic heterocycles. The van der Waals surface area contributed by atoms with E-state index in [2.05, 4.69) is 47.9 Å². The van der Waals surface area contributed by atoms with Crippen molar-refractivity contribution in [2.45, 2.75) is 6.54 Å². The topological polar surface area (TPSA) is 45.1 Å². The summed E-state index contributed by atoms with van der Waals surface area (Å²) in [4.78, 5) is 7.80. The molecule has 0 saturated heterocycles. The second kappa shape index (κ2) is 3.61. The fourth-order valence-electron chi connectivity index (χ4n) is 1.90. The molecule has 0 saturated carbocycles. The lowest BCUT2D eigenvalue weighted by Gasteiger charge is -1.93. The molecule has 0 aliphatic heterocycles. The molecular formula is C11H11BrN4. The van der Waals surface area contributed by atoms with Crippen LogP contribution in [0.3, 0.4) is 0 Å². The Balaban J connectivity index is 2.28. The zero-order valence-corrected chi connectivity index (χ0v) is 10.4. The van der Waals surface area contributed by atoms with Crippen LogP contribution in [0.1, 0.15) is 5.69 Å². The number of aromatic amines is 1. The Morgan fingerprint density at radius 3 is 3.19 bits per heavy atom. The van der Waals surface area contributed by atoms with Crippen molar-refractivity contribution >= 4 is 32.7 Å². The molecule has 0 aliphatic carbocycles. The van der Waals surface area contributed by atoms with Gasteiger partial charge in [0.05, 0.1) is 11.0 Å². The van der Waals surface area contributed by atoms with E-state index in [1.54, 1.807) is 0 Å². The number of hydrogen-bond donors (Lipinski definition) is 2. The fourth-order valence-corrected chi connectivity index (χ4v) is 2.25. The molecule has 0 unspecified atom stereocenters. The van der Waals surface area contributed by atoms with Crippen LogP contribution >= 0.6 is 15.9 Å². The van der Waals surface area contributed by atoms with Crippen LogP contribution in [0.4, 0.5) is 0 Å². The Morgan fingerprint density at radius 2 is 2.38 bits per heavy atom. The summed E-state index contributed by atoms with van der Waals surface area (Å²) in [6, 6.07) is 6.09. The van der Waals surface area contributed by atoms with Crippen molar-refractivity contribution < 1.29 is 0 Å². The van der Waals surface area contributed by atoms with Crippen molar-refractivity contribution in [3.8, 4) is 0 Å². The Hall–Kier alpha value is -1.33. The SMILES string of the molecule is CNCc1cn2c(nc3ccc(Br)cc32)[nH]1. The second-order valence-corrected chi connectivity index (χ2v) is 4.66. The second-order valence-electron chi connectivity index (χ2n) is 3.75. The predicted molar refractivity (Wildman–Crippen MR) is 67.5 cm³/mol. The van der Waals surface area contributed by atoms with E-state index in [1.807, 2.05) is 19.2 Å². The van der Waals surface area contributed by atoms with Gasteiger partial charge in [-0.25, -0.2) is 4.98 Å².